The molecule has 144 valence electrons. The molecule has 0 heterocycles. The molecule has 4 heteroatoms. The maximum atomic E-state index is 11.1. The summed E-state index contributed by atoms with van der Waals surface area (Å²) in [6, 6.07) is 19.8. The fraction of sp³-hybridized carbons (Fsp3) is 0.250. The quantitative estimate of drug-likeness (QED) is 0.803. The molecule has 2 aromatic carbocycles. The van der Waals surface area contributed by atoms with Crippen LogP contribution >= 0.6 is 0 Å². The van der Waals surface area contributed by atoms with Gasteiger partial charge in [-0.2, -0.15) is 0 Å². The lowest BCUT2D eigenvalue weighted by atomic mass is 10.0. The van der Waals surface area contributed by atoms with Crippen LogP contribution in [0.3, 0.4) is 0 Å². The van der Waals surface area contributed by atoms with E-state index in [1.54, 1.807) is 0 Å². The average Bonchev–Trinajstić information content (AvgIpc) is 3.21. The first-order valence-electron chi connectivity index (χ1n) is 9.51. The molecule has 2 aliphatic carbocycles. The zero-order valence-corrected chi connectivity index (χ0v) is 15.7. The van der Waals surface area contributed by atoms with Crippen molar-refractivity contribution in [1.29, 1.82) is 0 Å². The van der Waals surface area contributed by atoms with E-state index in [0.717, 1.165) is 22.3 Å². The molecule has 0 unspecified atom stereocenters. The third kappa shape index (κ3) is 4.97. The van der Waals surface area contributed by atoms with Crippen molar-refractivity contribution in [2.45, 2.75) is 38.5 Å². The summed E-state index contributed by atoms with van der Waals surface area (Å²) in [5.41, 5.74) is 4.04. The van der Waals surface area contributed by atoms with Gasteiger partial charge in [0, 0.05) is 12.8 Å². The standard InChI is InChI=1S/2C12H12O2/c2*13-11-7-6-10(12(11)14)8-9-4-2-1-3-5-9/h2*1-5,14H,6-8H2. The van der Waals surface area contributed by atoms with Crippen molar-refractivity contribution >= 4 is 11.6 Å². The number of hydrogen-bond acceptors (Lipinski definition) is 4. The van der Waals surface area contributed by atoms with E-state index in [1.807, 2.05) is 60.7 Å². The molecule has 0 saturated carbocycles. The van der Waals surface area contributed by atoms with E-state index in [9.17, 15) is 19.8 Å². The van der Waals surface area contributed by atoms with Crippen LogP contribution in [-0.4, -0.2) is 21.8 Å². The van der Waals surface area contributed by atoms with Gasteiger partial charge in [0.1, 0.15) is 0 Å². The highest BCUT2D eigenvalue weighted by molar-refractivity contribution is 5.96. The largest absolute Gasteiger partial charge is 0.504 e. The van der Waals surface area contributed by atoms with E-state index in [4.69, 9.17) is 0 Å². The van der Waals surface area contributed by atoms with Crippen LogP contribution in [-0.2, 0) is 22.4 Å². The lowest BCUT2D eigenvalue weighted by Crippen LogP contribution is -1.95. The van der Waals surface area contributed by atoms with E-state index in [-0.39, 0.29) is 23.1 Å². The molecule has 0 saturated heterocycles. The number of allylic oxidation sites excluding steroid dienone is 4. The Bertz CT molecular complexity index is 831. The van der Waals surface area contributed by atoms with Crippen molar-refractivity contribution < 1.29 is 19.8 Å². The van der Waals surface area contributed by atoms with E-state index in [1.165, 1.54) is 0 Å². The van der Waals surface area contributed by atoms with E-state index >= 15 is 0 Å². The Hall–Kier alpha value is -3.14. The van der Waals surface area contributed by atoms with Gasteiger partial charge in [0.2, 0.25) is 0 Å². The van der Waals surface area contributed by atoms with Crippen LogP contribution in [0.2, 0.25) is 0 Å². The molecule has 0 aromatic heterocycles. The fourth-order valence-corrected chi connectivity index (χ4v) is 3.43. The second kappa shape index (κ2) is 9.18. The van der Waals surface area contributed by atoms with Crippen LogP contribution < -0.4 is 0 Å². The SMILES string of the molecule is O=C1CCC(Cc2ccccc2)=C1O.O=C1CCC(Cc2ccccc2)=C1O. The second-order valence-electron chi connectivity index (χ2n) is 7.08. The van der Waals surface area contributed by atoms with Gasteiger partial charge in [-0.25, -0.2) is 0 Å². The Morgan fingerprint density at radius 2 is 0.929 bits per heavy atom. The molecule has 0 aliphatic heterocycles. The topological polar surface area (TPSA) is 74.6 Å². The first-order valence-corrected chi connectivity index (χ1v) is 9.51. The van der Waals surface area contributed by atoms with Crippen LogP contribution in [0.1, 0.15) is 36.8 Å². The fourth-order valence-electron chi connectivity index (χ4n) is 3.43. The van der Waals surface area contributed by atoms with E-state index in [2.05, 4.69) is 0 Å². The second-order valence-corrected chi connectivity index (χ2v) is 7.08. The highest BCUT2D eigenvalue weighted by atomic mass is 16.3. The summed E-state index contributed by atoms with van der Waals surface area (Å²) in [5.74, 6) is -0.241. The van der Waals surface area contributed by atoms with E-state index in [0.29, 0.717) is 38.5 Å². The minimum atomic E-state index is -0.115. The predicted octanol–water partition coefficient (Wildman–Crippen LogP) is 4.81. The van der Waals surface area contributed by atoms with Gasteiger partial charge in [-0.1, -0.05) is 60.7 Å². The number of ketones is 2. The van der Waals surface area contributed by atoms with Gasteiger partial charge in [-0.15, -0.1) is 0 Å². The number of rotatable bonds is 4. The monoisotopic (exact) mass is 376 g/mol. The minimum absolute atomic E-state index is 0.00569. The normalized spacial score (nSPS) is 16.4. The Labute approximate surface area is 164 Å². The van der Waals surface area contributed by atoms with Crippen LogP contribution in [0.15, 0.2) is 83.3 Å². The Morgan fingerprint density at radius 3 is 1.21 bits per heavy atom. The van der Waals surface area contributed by atoms with Crippen LogP contribution in [0, 0.1) is 0 Å². The lowest BCUT2D eigenvalue weighted by molar-refractivity contribution is -0.117. The molecule has 0 atom stereocenters. The molecule has 0 amide bonds. The predicted molar refractivity (Wildman–Crippen MR) is 108 cm³/mol. The molecule has 0 spiro atoms. The number of hydrogen-bond donors (Lipinski definition) is 2. The highest BCUT2D eigenvalue weighted by Crippen LogP contribution is 2.25. The molecule has 28 heavy (non-hydrogen) atoms. The number of aliphatic hydroxyl groups is 2. The first kappa shape index (κ1) is 19.6. The van der Waals surface area contributed by atoms with Gasteiger partial charge >= 0.3 is 0 Å². The lowest BCUT2D eigenvalue weighted by Gasteiger charge is -2.01. The molecular formula is C24H24O4. The van der Waals surface area contributed by atoms with Crippen molar-refractivity contribution in [2.75, 3.05) is 0 Å². The number of aliphatic hydroxyl groups excluding tert-OH is 2. The average molecular weight is 376 g/mol. The summed E-state index contributed by atoms with van der Waals surface area (Å²) >= 11 is 0. The molecule has 0 fully saturated rings. The van der Waals surface area contributed by atoms with Crippen LogP contribution in [0.4, 0.5) is 0 Å². The van der Waals surface area contributed by atoms with Crippen LogP contribution in [0.5, 0.6) is 0 Å². The molecule has 0 radical (unpaired) electrons. The Balaban J connectivity index is 0.000000161. The molecule has 2 aromatic rings. The highest BCUT2D eigenvalue weighted by Gasteiger charge is 2.22. The molecule has 4 rings (SSSR count). The zero-order chi connectivity index (χ0) is 19.9. The van der Waals surface area contributed by atoms with Gasteiger partial charge in [0.15, 0.2) is 23.1 Å². The molecular weight excluding hydrogens is 352 g/mol. The molecule has 4 nitrogen and oxygen atoms in total. The number of benzene rings is 2. The molecule has 2 aliphatic rings. The summed E-state index contributed by atoms with van der Waals surface area (Å²) in [4.78, 5) is 22.1. The number of carbonyl (C=O) groups is 2. The summed E-state index contributed by atoms with van der Waals surface area (Å²) in [6.07, 6.45) is 3.73. The molecule has 2 N–H and O–H groups in total. The number of Topliss-reactive ketones (excluding diaryl/α,β-unsaturated/α-hetero) is 2. The van der Waals surface area contributed by atoms with Crippen molar-refractivity contribution in [3.05, 3.63) is 94.5 Å². The maximum absolute atomic E-state index is 11.1. The molecule has 0 bridgehead atoms. The van der Waals surface area contributed by atoms with Gasteiger partial charge < -0.3 is 10.2 Å². The van der Waals surface area contributed by atoms with Crippen LogP contribution in [0.25, 0.3) is 0 Å². The third-order valence-corrected chi connectivity index (χ3v) is 5.03. The number of carbonyl (C=O) groups excluding carboxylic acids is 2. The van der Waals surface area contributed by atoms with Crippen molar-refractivity contribution in [1.82, 2.24) is 0 Å². The van der Waals surface area contributed by atoms with Gasteiger partial charge in [-0.05, 0) is 48.0 Å². The van der Waals surface area contributed by atoms with Gasteiger partial charge in [0.05, 0.1) is 0 Å². The minimum Gasteiger partial charge on any atom is -0.504 e. The summed E-state index contributed by atoms with van der Waals surface area (Å²) in [5, 5.41) is 18.9. The third-order valence-electron chi connectivity index (χ3n) is 5.03. The zero-order valence-electron chi connectivity index (χ0n) is 15.7. The summed E-state index contributed by atoms with van der Waals surface area (Å²) in [7, 11) is 0. The van der Waals surface area contributed by atoms with Crippen molar-refractivity contribution in [3.8, 4) is 0 Å². The van der Waals surface area contributed by atoms with E-state index < -0.39 is 0 Å². The summed E-state index contributed by atoms with van der Waals surface area (Å²) < 4.78 is 0. The van der Waals surface area contributed by atoms with Gasteiger partial charge in [0.25, 0.3) is 0 Å². The Kier molecular flexibility index (Phi) is 6.43. The maximum Gasteiger partial charge on any atom is 0.197 e. The smallest absolute Gasteiger partial charge is 0.197 e. The first-order chi connectivity index (χ1) is 13.5. The van der Waals surface area contributed by atoms with Crippen molar-refractivity contribution in [2.24, 2.45) is 0 Å². The van der Waals surface area contributed by atoms with Crippen molar-refractivity contribution in [3.63, 3.8) is 0 Å². The van der Waals surface area contributed by atoms with Gasteiger partial charge in [-0.3, -0.25) is 9.59 Å². The Morgan fingerprint density at radius 1 is 0.571 bits per heavy atom. The summed E-state index contributed by atoms with van der Waals surface area (Å²) in [6.45, 7) is 0.